The Kier molecular flexibility index (Phi) is 7.30. The molecule has 1 aromatic heterocycles. The predicted octanol–water partition coefficient (Wildman–Crippen LogP) is 1.91. The standard InChI is InChI=1S/C29H37N5O6/c1-6-13-32(17-33-21-12-10-9-11-20(21)30-31-33)26(37)24-29-15-18(4)28(5,40-29)23(27(38)39-14-7-2)22(29)25(36)34(24)19(8-3)16-35/h6-7,9-12,18-19,22-24,35H,1-2,8,13-17H2,3-5H3/t18?,19-,22-,23-,24?,28+,29?/m0/s1. The van der Waals surface area contributed by atoms with E-state index in [1.54, 1.807) is 15.7 Å². The van der Waals surface area contributed by atoms with Gasteiger partial charge in [-0.25, -0.2) is 4.68 Å². The lowest BCUT2D eigenvalue weighted by atomic mass is 9.62. The van der Waals surface area contributed by atoms with Crippen molar-refractivity contribution >= 4 is 28.8 Å². The van der Waals surface area contributed by atoms with Crippen molar-refractivity contribution in [3.63, 3.8) is 0 Å². The number of esters is 1. The molecule has 0 radical (unpaired) electrons. The number of carbonyl (C=O) groups excluding carboxylic acids is 3. The van der Waals surface area contributed by atoms with Crippen molar-refractivity contribution in [2.45, 2.75) is 63.6 Å². The highest BCUT2D eigenvalue weighted by molar-refractivity contribution is 5.98. The SMILES string of the molecule is C=CCOC(=O)[C@@H]1[C@H]2C(=O)N([C@@H](CC)CO)C(C(=O)N(CC=C)Cn3nnc4ccccc43)C23CC(C)[C@@]1(C)O3. The zero-order chi connectivity index (χ0) is 28.8. The molecule has 3 aliphatic rings. The van der Waals surface area contributed by atoms with Crippen molar-refractivity contribution in [2.24, 2.45) is 17.8 Å². The Morgan fingerprint density at radius 1 is 1.32 bits per heavy atom. The lowest BCUT2D eigenvalue weighted by Crippen LogP contribution is -2.59. The first-order valence-corrected chi connectivity index (χ1v) is 13.8. The number of hydrogen-bond donors (Lipinski definition) is 1. The normalized spacial score (nSPS) is 31.3. The number of amides is 2. The Hall–Kier alpha value is -3.57. The zero-order valence-corrected chi connectivity index (χ0v) is 23.2. The molecular weight excluding hydrogens is 514 g/mol. The molecule has 3 saturated heterocycles. The zero-order valence-electron chi connectivity index (χ0n) is 23.2. The van der Waals surface area contributed by atoms with Crippen LogP contribution in [0.15, 0.2) is 49.6 Å². The predicted molar refractivity (Wildman–Crippen MR) is 145 cm³/mol. The molecule has 5 rings (SSSR count). The van der Waals surface area contributed by atoms with Crippen molar-refractivity contribution in [1.82, 2.24) is 24.8 Å². The maximum absolute atomic E-state index is 14.6. The van der Waals surface area contributed by atoms with Gasteiger partial charge in [-0.15, -0.1) is 11.7 Å². The van der Waals surface area contributed by atoms with Gasteiger partial charge in [0.05, 0.1) is 29.7 Å². The fraction of sp³-hybridized carbons (Fsp3) is 0.552. The molecular formula is C29H37N5O6. The first-order valence-electron chi connectivity index (χ1n) is 13.8. The number of aliphatic hydroxyl groups excluding tert-OH is 1. The van der Waals surface area contributed by atoms with Crippen LogP contribution < -0.4 is 0 Å². The van der Waals surface area contributed by atoms with E-state index in [-0.39, 0.29) is 44.2 Å². The van der Waals surface area contributed by atoms with Crippen LogP contribution in [-0.4, -0.2) is 90.7 Å². The number of nitrogens with zero attached hydrogens (tertiary/aromatic N) is 5. The van der Waals surface area contributed by atoms with Crippen molar-refractivity contribution in [2.75, 3.05) is 19.8 Å². The Bertz CT molecular complexity index is 1340. The summed E-state index contributed by atoms with van der Waals surface area (Å²) in [6.07, 6.45) is 3.92. The van der Waals surface area contributed by atoms with Gasteiger partial charge in [-0.3, -0.25) is 14.4 Å². The third kappa shape index (κ3) is 3.97. The number of likely N-dealkylation sites (tertiary alicyclic amines) is 1. The molecule has 0 saturated carbocycles. The summed E-state index contributed by atoms with van der Waals surface area (Å²) in [5.74, 6) is -3.23. The number of aromatic nitrogens is 3. The van der Waals surface area contributed by atoms with Gasteiger partial charge in [0, 0.05) is 6.54 Å². The molecule has 3 fully saturated rings. The molecule has 1 N–H and O–H groups in total. The second kappa shape index (κ2) is 10.4. The minimum Gasteiger partial charge on any atom is -0.461 e. The van der Waals surface area contributed by atoms with Gasteiger partial charge in [-0.2, -0.15) is 0 Å². The number of rotatable bonds is 11. The summed E-state index contributed by atoms with van der Waals surface area (Å²) >= 11 is 0. The summed E-state index contributed by atoms with van der Waals surface area (Å²) in [5.41, 5.74) is -0.801. The van der Waals surface area contributed by atoms with Crippen LogP contribution in [0, 0.1) is 17.8 Å². The highest BCUT2D eigenvalue weighted by atomic mass is 16.6. The van der Waals surface area contributed by atoms with E-state index in [1.807, 2.05) is 45.0 Å². The molecule has 1 spiro atoms. The lowest BCUT2D eigenvalue weighted by Gasteiger charge is -2.39. The van der Waals surface area contributed by atoms with E-state index in [0.717, 1.165) is 5.52 Å². The molecule has 0 aliphatic carbocycles. The minimum absolute atomic E-state index is 0.00692. The van der Waals surface area contributed by atoms with Crippen LogP contribution in [0.3, 0.4) is 0 Å². The van der Waals surface area contributed by atoms with Gasteiger partial charge in [0.15, 0.2) is 0 Å². The molecule has 11 heteroatoms. The summed E-state index contributed by atoms with van der Waals surface area (Å²) in [6, 6.07) is 5.75. The first kappa shape index (κ1) is 28.0. The van der Waals surface area contributed by atoms with Gasteiger partial charge >= 0.3 is 5.97 Å². The second-order valence-corrected chi connectivity index (χ2v) is 11.2. The van der Waals surface area contributed by atoms with Crippen molar-refractivity contribution in [1.29, 1.82) is 0 Å². The van der Waals surface area contributed by atoms with Crippen LogP contribution in [0.1, 0.15) is 33.6 Å². The molecule has 40 heavy (non-hydrogen) atoms. The van der Waals surface area contributed by atoms with Gasteiger partial charge in [0.25, 0.3) is 0 Å². The monoisotopic (exact) mass is 551 g/mol. The van der Waals surface area contributed by atoms with E-state index >= 15 is 0 Å². The lowest BCUT2D eigenvalue weighted by molar-refractivity contribution is -0.163. The average Bonchev–Trinajstić information content (AvgIpc) is 3.61. The molecule has 214 valence electrons. The number of fused-ring (bicyclic) bond motifs is 2. The van der Waals surface area contributed by atoms with Crippen LogP contribution in [0.5, 0.6) is 0 Å². The van der Waals surface area contributed by atoms with Crippen molar-refractivity contribution < 1.29 is 29.0 Å². The van der Waals surface area contributed by atoms with Gasteiger partial charge < -0.3 is 24.4 Å². The fourth-order valence-electron chi connectivity index (χ4n) is 7.08. The Morgan fingerprint density at radius 2 is 2.08 bits per heavy atom. The Morgan fingerprint density at radius 3 is 2.75 bits per heavy atom. The fourth-order valence-corrected chi connectivity index (χ4v) is 7.08. The molecule has 2 bridgehead atoms. The topological polar surface area (TPSA) is 127 Å². The van der Waals surface area contributed by atoms with Crippen LogP contribution in [0.25, 0.3) is 11.0 Å². The summed E-state index contributed by atoms with van der Waals surface area (Å²) in [4.78, 5) is 45.3. The molecule has 1 aromatic carbocycles. The molecule has 3 aliphatic heterocycles. The average molecular weight is 552 g/mol. The summed E-state index contributed by atoms with van der Waals surface area (Å²) in [7, 11) is 0. The Labute approximate surface area is 233 Å². The number of carbonyl (C=O) groups is 3. The molecule has 2 amide bonds. The molecule has 7 atom stereocenters. The summed E-state index contributed by atoms with van der Waals surface area (Å²) in [6.45, 7) is 13.0. The summed E-state index contributed by atoms with van der Waals surface area (Å²) in [5, 5.41) is 18.7. The highest BCUT2D eigenvalue weighted by Crippen LogP contribution is 2.65. The summed E-state index contributed by atoms with van der Waals surface area (Å²) < 4.78 is 13.8. The van der Waals surface area contributed by atoms with Crippen LogP contribution >= 0.6 is 0 Å². The molecule has 2 aromatic rings. The quantitative estimate of drug-likeness (QED) is 0.332. The van der Waals surface area contributed by atoms with E-state index in [0.29, 0.717) is 18.4 Å². The van der Waals surface area contributed by atoms with Gasteiger partial charge in [-0.1, -0.05) is 49.9 Å². The minimum atomic E-state index is -1.26. The van der Waals surface area contributed by atoms with Gasteiger partial charge in [0.1, 0.15) is 36.4 Å². The maximum Gasteiger partial charge on any atom is 0.313 e. The number of hydrogen-bond acceptors (Lipinski definition) is 8. The van der Waals surface area contributed by atoms with Crippen molar-refractivity contribution in [3.8, 4) is 0 Å². The Balaban J connectivity index is 1.59. The largest absolute Gasteiger partial charge is 0.461 e. The number of para-hydroxylation sites is 1. The number of aliphatic hydroxyl groups is 1. The third-order valence-corrected chi connectivity index (χ3v) is 9.05. The van der Waals surface area contributed by atoms with Crippen LogP contribution in [0.2, 0.25) is 0 Å². The van der Waals surface area contributed by atoms with Crippen LogP contribution in [0.4, 0.5) is 0 Å². The van der Waals surface area contributed by atoms with E-state index in [1.165, 1.54) is 11.0 Å². The molecule has 3 unspecified atom stereocenters. The number of ether oxygens (including phenoxy) is 2. The van der Waals surface area contributed by atoms with E-state index in [9.17, 15) is 19.5 Å². The van der Waals surface area contributed by atoms with Gasteiger partial charge in [-0.05, 0) is 37.8 Å². The second-order valence-electron chi connectivity index (χ2n) is 11.2. The van der Waals surface area contributed by atoms with Gasteiger partial charge in [0.2, 0.25) is 11.8 Å². The molecule has 4 heterocycles. The number of benzene rings is 1. The van der Waals surface area contributed by atoms with Crippen molar-refractivity contribution in [3.05, 3.63) is 49.6 Å². The maximum atomic E-state index is 14.6. The highest BCUT2D eigenvalue weighted by Gasteiger charge is 2.80. The van der Waals surface area contributed by atoms with E-state index in [4.69, 9.17) is 9.47 Å². The smallest absolute Gasteiger partial charge is 0.313 e. The molecule has 11 nitrogen and oxygen atoms in total. The van der Waals surface area contributed by atoms with E-state index < -0.39 is 41.1 Å². The first-order chi connectivity index (χ1) is 19.2. The third-order valence-electron chi connectivity index (χ3n) is 9.05. The van der Waals surface area contributed by atoms with Crippen LogP contribution in [-0.2, 0) is 30.5 Å². The van der Waals surface area contributed by atoms with E-state index in [2.05, 4.69) is 23.5 Å².